The van der Waals surface area contributed by atoms with Crippen LogP contribution in [0, 0.1) is 12.3 Å². The summed E-state index contributed by atoms with van der Waals surface area (Å²) in [5, 5.41) is 18.9. The summed E-state index contributed by atoms with van der Waals surface area (Å²) in [4.78, 5) is 14.8. The zero-order valence-corrected chi connectivity index (χ0v) is 12.4. The molecular weight excluding hydrogens is 276 g/mol. The average molecular weight is 292 g/mol. The van der Waals surface area contributed by atoms with Gasteiger partial charge in [0, 0.05) is 28.3 Å². The molecule has 4 nitrogen and oxygen atoms in total. The lowest BCUT2D eigenvalue weighted by molar-refractivity contribution is 0.471. The van der Waals surface area contributed by atoms with Crippen LogP contribution in [0.2, 0.25) is 0 Å². The Labute approximate surface area is 127 Å². The summed E-state index contributed by atoms with van der Waals surface area (Å²) < 4.78 is 0. The second kappa shape index (κ2) is 5.15. The van der Waals surface area contributed by atoms with Gasteiger partial charge in [-0.3, -0.25) is 4.79 Å². The molecule has 22 heavy (non-hydrogen) atoms. The molecule has 0 aliphatic rings. The van der Waals surface area contributed by atoms with Crippen LogP contribution in [-0.2, 0) is 0 Å². The van der Waals surface area contributed by atoms with Crippen molar-refractivity contribution in [3.63, 3.8) is 0 Å². The van der Waals surface area contributed by atoms with Gasteiger partial charge < -0.3 is 15.5 Å². The molecule has 0 radical (unpaired) electrons. The summed E-state index contributed by atoms with van der Waals surface area (Å²) in [5.41, 5.74) is 3.46. The van der Waals surface area contributed by atoms with Gasteiger partial charge in [0.1, 0.15) is 5.75 Å². The van der Waals surface area contributed by atoms with Crippen LogP contribution in [0.1, 0.15) is 18.1 Å². The molecule has 2 aromatic carbocycles. The minimum Gasteiger partial charge on any atom is -0.507 e. The zero-order chi connectivity index (χ0) is 15.9. The van der Waals surface area contributed by atoms with Crippen LogP contribution >= 0.6 is 0 Å². The number of H-pyrrole nitrogens is 1. The molecule has 0 saturated heterocycles. The van der Waals surface area contributed by atoms with Crippen molar-refractivity contribution in [1.82, 2.24) is 4.98 Å². The summed E-state index contributed by atoms with van der Waals surface area (Å²) in [6.45, 7) is 3.38. The van der Waals surface area contributed by atoms with Crippen molar-refractivity contribution in [3.05, 3.63) is 63.9 Å². The van der Waals surface area contributed by atoms with Gasteiger partial charge in [-0.05, 0) is 31.0 Å². The average Bonchev–Trinajstić information content (AvgIpc) is 2.51. The largest absolute Gasteiger partial charge is 0.507 e. The van der Waals surface area contributed by atoms with Crippen molar-refractivity contribution >= 4 is 16.6 Å². The van der Waals surface area contributed by atoms with Gasteiger partial charge in [-0.15, -0.1) is 0 Å². The molecule has 3 N–H and O–H groups in total. The molecule has 0 bridgehead atoms. The Balaban J connectivity index is 2.48. The van der Waals surface area contributed by atoms with Crippen molar-refractivity contribution in [3.8, 4) is 16.9 Å². The maximum atomic E-state index is 12.0. The Bertz CT molecular complexity index is 941. The molecule has 1 heterocycles. The summed E-state index contributed by atoms with van der Waals surface area (Å²) in [6, 6.07) is 12.9. The Morgan fingerprint density at radius 2 is 1.86 bits per heavy atom. The summed E-state index contributed by atoms with van der Waals surface area (Å²) in [7, 11) is 0. The van der Waals surface area contributed by atoms with E-state index in [4.69, 9.17) is 5.41 Å². The molecule has 3 rings (SSSR count). The number of phenolic OH excluding ortho intramolecular Hbond substituents is 1. The van der Waals surface area contributed by atoms with Crippen LogP contribution in [-0.4, -0.2) is 15.8 Å². The number of fused-ring (bicyclic) bond motifs is 1. The smallest absolute Gasteiger partial charge is 0.249 e. The Hall–Kier alpha value is -2.88. The van der Waals surface area contributed by atoms with Crippen LogP contribution in [0.4, 0.5) is 0 Å². The van der Waals surface area contributed by atoms with E-state index in [-0.39, 0.29) is 17.0 Å². The van der Waals surface area contributed by atoms with Crippen LogP contribution < -0.4 is 5.56 Å². The summed E-state index contributed by atoms with van der Waals surface area (Å²) in [5.74, 6) is 0.0425. The van der Waals surface area contributed by atoms with Gasteiger partial charge in [-0.25, -0.2) is 0 Å². The first-order valence-corrected chi connectivity index (χ1v) is 6.99. The normalized spacial score (nSPS) is 10.8. The number of hydrogen-bond acceptors (Lipinski definition) is 3. The third kappa shape index (κ3) is 2.19. The molecule has 0 amide bonds. The second-order valence-electron chi connectivity index (χ2n) is 5.36. The van der Waals surface area contributed by atoms with Crippen molar-refractivity contribution in [1.29, 1.82) is 5.41 Å². The highest BCUT2D eigenvalue weighted by molar-refractivity contribution is 6.06. The Morgan fingerprint density at radius 1 is 1.18 bits per heavy atom. The third-order valence-corrected chi connectivity index (χ3v) is 3.85. The second-order valence-corrected chi connectivity index (χ2v) is 5.36. The minimum absolute atomic E-state index is 0.0425. The van der Waals surface area contributed by atoms with Gasteiger partial charge in [-0.1, -0.05) is 30.3 Å². The van der Waals surface area contributed by atoms with Gasteiger partial charge in [0.2, 0.25) is 5.56 Å². The Morgan fingerprint density at radius 3 is 2.50 bits per heavy atom. The molecule has 110 valence electrons. The van der Waals surface area contributed by atoms with Gasteiger partial charge in [0.15, 0.2) is 0 Å². The summed E-state index contributed by atoms with van der Waals surface area (Å²) in [6.07, 6.45) is 0. The number of aromatic hydroxyl groups is 1. The highest BCUT2D eigenvalue weighted by Gasteiger charge is 2.15. The number of benzene rings is 2. The lowest BCUT2D eigenvalue weighted by Crippen LogP contribution is -2.07. The fraction of sp³-hybridized carbons (Fsp3) is 0.111. The van der Waals surface area contributed by atoms with Crippen molar-refractivity contribution in [2.45, 2.75) is 13.8 Å². The van der Waals surface area contributed by atoms with E-state index in [1.165, 1.54) is 0 Å². The first kappa shape index (κ1) is 14.1. The van der Waals surface area contributed by atoms with Crippen molar-refractivity contribution in [2.75, 3.05) is 0 Å². The number of rotatable bonds is 2. The fourth-order valence-electron chi connectivity index (χ4n) is 2.69. The molecule has 0 atom stereocenters. The van der Waals surface area contributed by atoms with Gasteiger partial charge in [0.05, 0.1) is 5.52 Å². The topological polar surface area (TPSA) is 76.9 Å². The quantitative estimate of drug-likeness (QED) is 0.631. The monoisotopic (exact) mass is 292 g/mol. The molecule has 0 fully saturated rings. The van der Waals surface area contributed by atoms with Gasteiger partial charge in [0.25, 0.3) is 0 Å². The van der Waals surface area contributed by atoms with Gasteiger partial charge >= 0.3 is 0 Å². The summed E-state index contributed by atoms with van der Waals surface area (Å²) >= 11 is 0. The van der Waals surface area contributed by atoms with Crippen molar-refractivity contribution in [2.24, 2.45) is 0 Å². The van der Waals surface area contributed by atoms with Crippen LogP contribution in [0.25, 0.3) is 22.0 Å². The molecule has 0 unspecified atom stereocenters. The predicted molar refractivity (Wildman–Crippen MR) is 88.9 cm³/mol. The van der Waals surface area contributed by atoms with Crippen molar-refractivity contribution < 1.29 is 5.11 Å². The zero-order valence-electron chi connectivity index (χ0n) is 12.4. The molecule has 3 aromatic rings. The third-order valence-electron chi connectivity index (χ3n) is 3.85. The predicted octanol–water partition coefficient (Wildman–Crippen LogP) is 3.60. The highest BCUT2D eigenvalue weighted by Crippen LogP contribution is 2.34. The number of pyridine rings is 1. The molecule has 0 aliphatic heterocycles. The maximum absolute atomic E-state index is 12.0. The Kier molecular flexibility index (Phi) is 3.29. The lowest BCUT2D eigenvalue weighted by Gasteiger charge is -2.13. The SMILES string of the molecule is CC(=N)c1cc2c(-c3ccccc3)cc(=O)[nH]c2c(C)c1O. The van der Waals surface area contributed by atoms with E-state index in [2.05, 4.69) is 4.98 Å². The number of hydrogen-bond donors (Lipinski definition) is 3. The van der Waals surface area contributed by atoms with E-state index in [0.717, 1.165) is 16.5 Å². The van der Waals surface area contributed by atoms with Crippen LogP contribution in [0.3, 0.4) is 0 Å². The number of nitrogens with one attached hydrogen (secondary N) is 2. The number of aromatic amines is 1. The lowest BCUT2D eigenvalue weighted by atomic mass is 9.95. The van der Waals surface area contributed by atoms with Crippen LogP contribution in [0.15, 0.2) is 47.3 Å². The van der Waals surface area contributed by atoms with Gasteiger partial charge in [-0.2, -0.15) is 0 Å². The molecule has 0 aliphatic carbocycles. The standard InChI is InChI=1S/C18H16N2O2/c1-10-17-15(8-13(11(2)19)18(10)22)14(9-16(21)20-17)12-6-4-3-5-7-12/h3-9,19,22H,1-2H3,(H,20,21). The first-order chi connectivity index (χ1) is 10.5. The molecule has 0 saturated carbocycles. The number of aromatic nitrogens is 1. The van der Waals surface area contributed by atoms with E-state index in [0.29, 0.717) is 16.6 Å². The van der Waals surface area contributed by atoms with E-state index in [1.54, 1.807) is 26.0 Å². The highest BCUT2D eigenvalue weighted by atomic mass is 16.3. The van der Waals surface area contributed by atoms with E-state index in [1.807, 2.05) is 30.3 Å². The van der Waals surface area contributed by atoms with E-state index in [9.17, 15) is 9.90 Å². The van der Waals surface area contributed by atoms with E-state index >= 15 is 0 Å². The number of aryl methyl sites for hydroxylation is 1. The first-order valence-electron chi connectivity index (χ1n) is 6.99. The van der Waals surface area contributed by atoms with E-state index < -0.39 is 0 Å². The van der Waals surface area contributed by atoms with Crippen LogP contribution in [0.5, 0.6) is 5.75 Å². The molecule has 0 spiro atoms. The fourth-order valence-corrected chi connectivity index (χ4v) is 2.69. The molecule has 4 heteroatoms. The molecule has 1 aromatic heterocycles. The number of phenols is 1. The minimum atomic E-state index is -0.215. The maximum Gasteiger partial charge on any atom is 0.249 e. The molecular formula is C18H16N2O2.